The largest absolute Gasteiger partial charge is 0.0776 e. The van der Waals surface area contributed by atoms with Crippen LogP contribution in [0.2, 0.25) is 0 Å². The zero-order chi connectivity index (χ0) is 10.1. The van der Waals surface area contributed by atoms with Gasteiger partial charge in [0.1, 0.15) is 0 Å². The lowest BCUT2D eigenvalue weighted by atomic mass is 9.91. The highest BCUT2D eigenvalue weighted by Crippen LogP contribution is 2.35. The van der Waals surface area contributed by atoms with Crippen molar-refractivity contribution in [2.75, 3.05) is 0 Å². The van der Waals surface area contributed by atoms with Crippen molar-refractivity contribution in [2.24, 2.45) is 5.92 Å². The first kappa shape index (κ1) is 8.72. The summed E-state index contributed by atoms with van der Waals surface area (Å²) in [5.41, 5.74) is 2.89. The van der Waals surface area contributed by atoms with Crippen LogP contribution >= 0.6 is 0 Å². The molecule has 1 atom stereocenters. The van der Waals surface area contributed by atoms with E-state index in [0.29, 0.717) is 11.8 Å². The van der Waals surface area contributed by atoms with Crippen LogP contribution in [0.15, 0.2) is 54.6 Å². The Labute approximate surface area is 90.6 Å². The molecule has 3 rings (SSSR count). The standard InChI is InChI=1S/C15H14/c1-2-6-12(5-1)11-14-10-9-13-7-3-4-8-15(13)14/h1-10,12,14H,11H2. The van der Waals surface area contributed by atoms with E-state index in [-0.39, 0.29) is 0 Å². The van der Waals surface area contributed by atoms with E-state index in [1.807, 2.05) is 0 Å². The van der Waals surface area contributed by atoms with Gasteiger partial charge in [-0.3, -0.25) is 0 Å². The first-order chi connectivity index (χ1) is 7.43. The van der Waals surface area contributed by atoms with Gasteiger partial charge in [-0.25, -0.2) is 0 Å². The Kier molecular flexibility index (Phi) is 2.06. The van der Waals surface area contributed by atoms with E-state index in [1.165, 1.54) is 17.5 Å². The van der Waals surface area contributed by atoms with Gasteiger partial charge >= 0.3 is 0 Å². The van der Waals surface area contributed by atoms with Gasteiger partial charge in [0.15, 0.2) is 0 Å². The van der Waals surface area contributed by atoms with Gasteiger partial charge in [-0.1, -0.05) is 60.7 Å². The lowest BCUT2D eigenvalue weighted by Crippen LogP contribution is -1.99. The molecule has 0 N–H and O–H groups in total. The van der Waals surface area contributed by atoms with E-state index in [1.54, 1.807) is 0 Å². The number of rotatable bonds is 2. The van der Waals surface area contributed by atoms with Gasteiger partial charge in [0.25, 0.3) is 0 Å². The van der Waals surface area contributed by atoms with Gasteiger partial charge in [0.05, 0.1) is 0 Å². The lowest BCUT2D eigenvalue weighted by Gasteiger charge is -2.13. The monoisotopic (exact) mass is 194 g/mol. The first-order valence-electron chi connectivity index (χ1n) is 5.55. The van der Waals surface area contributed by atoms with Crippen molar-refractivity contribution >= 4 is 6.08 Å². The molecule has 0 saturated heterocycles. The Balaban J connectivity index is 1.82. The molecule has 2 aliphatic carbocycles. The second-order valence-corrected chi connectivity index (χ2v) is 4.26. The fourth-order valence-electron chi connectivity index (χ4n) is 2.46. The summed E-state index contributed by atoms with van der Waals surface area (Å²) in [5.74, 6) is 1.24. The number of benzene rings is 1. The normalized spacial score (nSPS) is 22.5. The highest BCUT2D eigenvalue weighted by molar-refractivity contribution is 5.62. The summed E-state index contributed by atoms with van der Waals surface area (Å²) in [6, 6.07) is 8.70. The summed E-state index contributed by atoms with van der Waals surface area (Å²) in [7, 11) is 0. The van der Waals surface area contributed by atoms with Crippen molar-refractivity contribution in [3.8, 4) is 0 Å². The average molecular weight is 194 g/mol. The smallest absolute Gasteiger partial charge is 0.00358 e. The summed E-state index contributed by atoms with van der Waals surface area (Å²) in [6.07, 6.45) is 14.7. The molecule has 0 amide bonds. The Hall–Kier alpha value is -1.56. The molecule has 0 saturated carbocycles. The minimum atomic E-state index is 0.610. The van der Waals surface area contributed by atoms with E-state index in [2.05, 4.69) is 60.7 Å². The quantitative estimate of drug-likeness (QED) is 0.669. The third-order valence-corrected chi connectivity index (χ3v) is 3.26. The fourth-order valence-corrected chi connectivity index (χ4v) is 2.46. The van der Waals surface area contributed by atoms with Crippen molar-refractivity contribution in [3.05, 3.63) is 65.8 Å². The number of fused-ring (bicyclic) bond motifs is 1. The second kappa shape index (κ2) is 3.54. The van der Waals surface area contributed by atoms with Gasteiger partial charge < -0.3 is 0 Å². The maximum atomic E-state index is 2.34. The maximum Gasteiger partial charge on any atom is 0.00358 e. The van der Waals surface area contributed by atoms with E-state index < -0.39 is 0 Å². The van der Waals surface area contributed by atoms with Crippen LogP contribution < -0.4 is 0 Å². The molecule has 0 spiro atoms. The third kappa shape index (κ3) is 1.56. The lowest BCUT2D eigenvalue weighted by molar-refractivity contribution is 0.661. The predicted molar refractivity (Wildman–Crippen MR) is 64.6 cm³/mol. The van der Waals surface area contributed by atoms with Crippen molar-refractivity contribution in [2.45, 2.75) is 12.3 Å². The van der Waals surface area contributed by atoms with Crippen LogP contribution in [-0.4, -0.2) is 0 Å². The minimum absolute atomic E-state index is 0.610. The molecule has 0 radical (unpaired) electrons. The molecule has 0 aliphatic heterocycles. The van der Waals surface area contributed by atoms with E-state index in [9.17, 15) is 0 Å². The van der Waals surface area contributed by atoms with Crippen molar-refractivity contribution < 1.29 is 0 Å². The Morgan fingerprint density at radius 2 is 1.73 bits per heavy atom. The molecule has 0 aromatic heterocycles. The average Bonchev–Trinajstić information content (AvgIpc) is 2.89. The highest BCUT2D eigenvalue weighted by Gasteiger charge is 2.19. The van der Waals surface area contributed by atoms with E-state index >= 15 is 0 Å². The summed E-state index contributed by atoms with van der Waals surface area (Å²) in [6.45, 7) is 0. The van der Waals surface area contributed by atoms with Crippen LogP contribution in [0, 0.1) is 5.92 Å². The highest BCUT2D eigenvalue weighted by atomic mass is 14.2. The summed E-state index contributed by atoms with van der Waals surface area (Å²) in [5, 5.41) is 0. The molecule has 0 heteroatoms. The topological polar surface area (TPSA) is 0 Å². The Morgan fingerprint density at radius 1 is 0.933 bits per heavy atom. The molecule has 1 unspecified atom stereocenters. The summed E-state index contributed by atoms with van der Waals surface area (Å²) >= 11 is 0. The Morgan fingerprint density at radius 3 is 2.60 bits per heavy atom. The molecular weight excluding hydrogens is 180 g/mol. The molecule has 0 heterocycles. The molecule has 74 valence electrons. The van der Waals surface area contributed by atoms with Crippen molar-refractivity contribution in [1.82, 2.24) is 0 Å². The van der Waals surface area contributed by atoms with Crippen LogP contribution in [0.5, 0.6) is 0 Å². The zero-order valence-electron chi connectivity index (χ0n) is 8.64. The van der Waals surface area contributed by atoms with E-state index in [4.69, 9.17) is 0 Å². The molecule has 0 nitrogen and oxygen atoms in total. The molecule has 1 aromatic rings. The molecule has 0 fully saturated rings. The molecular formula is C15H14. The van der Waals surface area contributed by atoms with Gasteiger partial charge in [-0.15, -0.1) is 0 Å². The van der Waals surface area contributed by atoms with Crippen molar-refractivity contribution in [3.63, 3.8) is 0 Å². The van der Waals surface area contributed by atoms with Gasteiger partial charge in [-0.05, 0) is 23.5 Å². The molecule has 2 aliphatic rings. The minimum Gasteiger partial charge on any atom is -0.0776 e. The Bertz CT molecular complexity index is 437. The predicted octanol–water partition coefficient (Wildman–Crippen LogP) is 3.93. The van der Waals surface area contributed by atoms with Crippen molar-refractivity contribution in [1.29, 1.82) is 0 Å². The van der Waals surface area contributed by atoms with Crippen LogP contribution in [0.3, 0.4) is 0 Å². The fraction of sp³-hybridized carbons (Fsp3) is 0.200. The molecule has 1 aromatic carbocycles. The number of hydrogen-bond acceptors (Lipinski definition) is 0. The number of hydrogen-bond donors (Lipinski definition) is 0. The molecule has 0 bridgehead atoms. The van der Waals surface area contributed by atoms with Crippen LogP contribution in [0.4, 0.5) is 0 Å². The molecule has 15 heavy (non-hydrogen) atoms. The van der Waals surface area contributed by atoms with Crippen LogP contribution in [0.25, 0.3) is 6.08 Å². The van der Waals surface area contributed by atoms with Gasteiger partial charge in [-0.2, -0.15) is 0 Å². The van der Waals surface area contributed by atoms with Gasteiger partial charge in [0.2, 0.25) is 0 Å². The maximum absolute atomic E-state index is 2.34. The SMILES string of the molecule is C1=CC(CC2C=Cc3ccccc32)C=C1. The summed E-state index contributed by atoms with van der Waals surface area (Å²) in [4.78, 5) is 0. The third-order valence-electron chi connectivity index (χ3n) is 3.26. The number of allylic oxidation sites excluding steroid dienone is 5. The van der Waals surface area contributed by atoms with Crippen LogP contribution in [-0.2, 0) is 0 Å². The second-order valence-electron chi connectivity index (χ2n) is 4.26. The zero-order valence-corrected chi connectivity index (χ0v) is 8.64. The first-order valence-corrected chi connectivity index (χ1v) is 5.55. The van der Waals surface area contributed by atoms with E-state index in [0.717, 1.165) is 0 Å². The summed E-state index contributed by atoms with van der Waals surface area (Å²) < 4.78 is 0. The van der Waals surface area contributed by atoms with Crippen LogP contribution in [0.1, 0.15) is 23.5 Å². The van der Waals surface area contributed by atoms with Gasteiger partial charge in [0, 0.05) is 5.92 Å².